The van der Waals surface area contributed by atoms with Crippen LogP contribution < -0.4 is 10.2 Å². The van der Waals surface area contributed by atoms with Gasteiger partial charge in [0.05, 0.1) is 40.2 Å². The Kier molecular flexibility index (Phi) is 10.4. The van der Waals surface area contributed by atoms with Crippen LogP contribution in [0.5, 0.6) is 0 Å². The van der Waals surface area contributed by atoms with Crippen molar-refractivity contribution < 1.29 is 14.4 Å². The van der Waals surface area contributed by atoms with Gasteiger partial charge >= 0.3 is 5.97 Å². The van der Waals surface area contributed by atoms with E-state index in [9.17, 15) is 9.90 Å². The first-order chi connectivity index (χ1) is 14.7. The van der Waals surface area contributed by atoms with Crippen molar-refractivity contribution in [3.05, 3.63) is 52.4 Å². The molecule has 0 spiro atoms. The molecule has 5 nitrogen and oxygen atoms in total. The number of hydrazine groups is 1. The summed E-state index contributed by atoms with van der Waals surface area (Å²) >= 11 is 1.75. The highest BCUT2D eigenvalue weighted by molar-refractivity contribution is 7.24. The summed E-state index contributed by atoms with van der Waals surface area (Å²) in [7, 11) is 8.90. The lowest BCUT2D eigenvalue weighted by atomic mass is 10.0. The van der Waals surface area contributed by atoms with Crippen molar-refractivity contribution in [2.75, 3.05) is 32.5 Å². The average molecular weight is 465 g/mol. The van der Waals surface area contributed by atoms with Gasteiger partial charge in [-0.2, -0.15) is 0 Å². The summed E-state index contributed by atoms with van der Waals surface area (Å²) in [4.78, 5) is 12.6. The summed E-state index contributed by atoms with van der Waals surface area (Å²) in [5.74, 6) is -0.785. The number of thiophene rings is 1. The molecule has 2 unspecified atom stereocenters. The van der Waals surface area contributed by atoms with Gasteiger partial charge in [-0.05, 0) is 58.3 Å². The van der Waals surface area contributed by atoms with Crippen LogP contribution in [0.1, 0.15) is 48.6 Å². The van der Waals surface area contributed by atoms with Crippen molar-refractivity contribution >= 4 is 31.7 Å². The van der Waals surface area contributed by atoms with Crippen LogP contribution in [0.15, 0.2) is 36.4 Å². The quantitative estimate of drug-likeness (QED) is 0.180. The van der Waals surface area contributed by atoms with E-state index in [1.165, 1.54) is 41.7 Å². The molecule has 0 fully saturated rings. The van der Waals surface area contributed by atoms with Crippen molar-refractivity contribution in [2.45, 2.75) is 57.9 Å². The van der Waals surface area contributed by atoms with Gasteiger partial charge in [-0.1, -0.05) is 44.0 Å². The molecule has 2 atom stereocenters. The number of aliphatic carboxylic acids is 1. The Morgan fingerprint density at radius 1 is 1.06 bits per heavy atom. The van der Waals surface area contributed by atoms with Crippen molar-refractivity contribution in [3.63, 3.8) is 0 Å². The van der Waals surface area contributed by atoms with E-state index in [0.29, 0.717) is 4.48 Å². The largest absolute Gasteiger partial charge is 0.481 e. The number of unbranched alkanes of at least 4 members (excludes halogenated alkanes) is 2. The summed E-state index contributed by atoms with van der Waals surface area (Å²) < 4.78 is 2.60. The third-order valence-electron chi connectivity index (χ3n) is 5.15. The van der Waals surface area contributed by atoms with Gasteiger partial charge in [0.15, 0.2) is 0 Å². The number of carboxylic acid groups (broad SMARTS) is 1. The monoisotopic (exact) mass is 464 g/mol. The van der Waals surface area contributed by atoms with Gasteiger partial charge in [0.1, 0.15) is 5.00 Å². The van der Waals surface area contributed by atoms with Gasteiger partial charge in [0.2, 0.25) is 0 Å². The number of rotatable bonds is 14. The molecular formula is C24H39N3O2PS+. The molecule has 2 N–H and O–H groups in total. The van der Waals surface area contributed by atoms with Gasteiger partial charge in [0, 0.05) is 4.88 Å². The minimum Gasteiger partial charge on any atom is -0.481 e. The normalized spacial score (nSPS) is 12.7. The smallest absolute Gasteiger partial charge is 0.305 e. The summed E-state index contributed by atoms with van der Waals surface area (Å²) in [6, 6.07) is 13.2. The lowest BCUT2D eigenvalue weighted by Crippen LogP contribution is -2.51. The van der Waals surface area contributed by atoms with Crippen LogP contribution in [0, 0.1) is 0 Å². The molecule has 7 heteroatoms. The average Bonchev–Trinajstić information content (AvgIpc) is 3.15. The molecule has 0 aliphatic carbocycles. The molecule has 2 rings (SSSR count). The van der Waals surface area contributed by atoms with E-state index >= 15 is 0 Å². The van der Waals surface area contributed by atoms with E-state index in [0.717, 1.165) is 24.4 Å². The standard InChI is InChI=1S/C24H38N3O2PS/c1-5-6-7-8-19-9-11-20(12-10-19)13-14-22-15-16-23(31-22)26(30)25-21(17-24(28)29)18-27(2,3)4/h9-12,15-16,21,25H,5-8,13-14,17-18,30H2,1-4H3/p+1. The first kappa shape index (κ1) is 25.8. The maximum atomic E-state index is 11.3. The minimum absolute atomic E-state index is 0.0904. The van der Waals surface area contributed by atoms with Gasteiger partial charge in [-0.15, -0.1) is 11.3 Å². The predicted molar refractivity (Wildman–Crippen MR) is 136 cm³/mol. The molecule has 0 radical (unpaired) electrons. The lowest BCUT2D eigenvalue weighted by molar-refractivity contribution is -0.871. The Hall–Kier alpha value is -1.46. The molecule has 1 aromatic carbocycles. The molecule has 1 aromatic heterocycles. The second kappa shape index (κ2) is 12.5. The number of hydrogen-bond acceptors (Lipinski definition) is 4. The fraction of sp³-hybridized carbons (Fsp3) is 0.542. The topological polar surface area (TPSA) is 52.6 Å². The fourth-order valence-electron chi connectivity index (χ4n) is 3.63. The second-order valence-electron chi connectivity index (χ2n) is 9.28. The third kappa shape index (κ3) is 10.1. The zero-order valence-electron chi connectivity index (χ0n) is 19.4. The number of carbonyl (C=O) groups is 1. The molecule has 0 bridgehead atoms. The second-order valence-corrected chi connectivity index (χ2v) is 10.9. The van der Waals surface area contributed by atoms with E-state index in [2.05, 4.69) is 79.3 Å². The maximum Gasteiger partial charge on any atom is 0.305 e. The van der Waals surface area contributed by atoms with Crippen LogP contribution in [0.4, 0.5) is 5.00 Å². The molecule has 31 heavy (non-hydrogen) atoms. The van der Waals surface area contributed by atoms with Crippen LogP contribution >= 0.6 is 20.7 Å². The zero-order valence-corrected chi connectivity index (χ0v) is 21.4. The zero-order chi connectivity index (χ0) is 22.9. The summed E-state index contributed by atoms with van der Waals surface area (Å²) in [5.41, 5.74) is 6.16. The molecule has 0 saturated carbocycles. The number of nitrogens with one attached hydrogen (secondary N) is 1. The Bertz CT molecular complexity index is 802. The van der Waals surface area contributed by atoms with Crippen LogP contribution in [0.25, 0.3) is 0 Å². The molecule has 0 amide bonds. The van der Waals surface area contributed by atoms with Crippen molar-refractivity contribution in [1.82, 2.24) is 5.43 Å². The number of carboxylic acids is 1. The fourth-order valence-corrected chi connectivity index (χ4v) is 4.98. The SMILES string of the molecule is CCCCCc1ccc(CCc2ccc(N(P)NC(CC(=O)O)C[N+](C)(C)C)s2)cc1. The highest BCUT2D eigenvalue weighted by atomic mass is 32.1. The Morgan fingerprint density at radius 3 is 2.29 bits per heavy atom. The molecule has 0 saturated heterocycles. The number of anilines is 1. The highest BCUT2D eigenvalue weighted by Gasteiger charge is 2.22. The highest BCUT2D eigenvalue weighted by Crippen LogP contribution is 2.28. The van der Waals surface area contributed by atoms with E-state index in [1.807, 2.05) is 4.78 Å². The summed E-state index contributed by atoms with van der Waals surface area (Å²) in [5, 5.41) is 10.3. The first-order valence-electron chi connectivity index (χ1n) is 11.2. The molecule has 172 valence electrons. The molecule has 0 aliphatic heterocycles. The molecule has 0 aliphatic rings. The summed E-state index contributed by atoms with van der Waals surface area (Å²) in [6.45, 7) is 2.97. The maximum absolute atomic E-state index is 11.3. The third-order valence-corrected chi connectivity index (χ3v) is 6.91. The Morgan fingerprint density at radius 2 is 1.71 bits per heavy atom. The van der Waals surface area contributed by atoms with Crippen LogP contribution in [-0.2, 0) is 24.1 Å². The van der Waals surface area contributed by atoms with Crippen LogP contribution in [0.3, 0.4) is 0 Å². The molecule has 1 heterocycles. The van der Waals surface area contributed by atoms with Crippen LogP contribution in [0.2, 0.25) is 0 Å². The number of nitrogens with zero attached hydrogens (tertiary/aromatic N) is 2. The number of quaternary nitrogens is 1. The lowest BCUT2D eigenvalue weighted by Gasteiger charge is -2.31. The van der Waals surface area contributed by atoms with E-state index < -0.39 is 5.97 Å². The van der Waals surface area contributed by atoms with Gasteiger partial charge in [-0.3, -0.25) is 9.57 Å². The number of likely N-dealkylation sites (N-methyl/N-ethyl adjacent to an activating group) is 1. The Labute approximate surface area is 194 Å². The molecular weight excluding hydrogens is 425 g/mol. The van der Waals surface area contributed by atoms with Gasteiger partial charge in [-0.25, -0.2) is 5.43 Å². The van der Waals surface area contributed by atoms with Crippen molar-refractivity contribution in [1.29, 1.82) is 0 Å². The van der Waals surface area contributed by atoms with Crippen molar-refractivity contribution in [3.8, 4) is 0 Å². The predicted octanol–water partition coefficient (Wildman–Crippen LogP) is 4.92. The van der Waals surface area contributed by atoms with E-state index in [4.69, 9.17) is 0 Å². The van der Waals surface area contributed by atoms with E-state index in [1.54, 1.807) is 11.3 Å². The van der Waals surface area contributed by atoms with E-state index in [-0.39, 0.29) is 12.5 Å². The number of benzene rings is 1. The minimum atomic E-state index is -0.785. The number of hydrogen-bond donors (Lipinski definition) is 2. The van der Waals surface area contributed by atoms with Crippen molar-refractivity contribution in [2.24, 2.45) is 0 Å². The summed E-state index contributed by atoms with van der Waals surface area (Å²) in [6.07, 6.45) is 7.15. The number of aryl methyl sites for hydroxylation is 3. The van der Waals surface area contributed by atoms with Crippen LogP contribution in [-0.4, -0.2) is 49.3 Å². The Balaban J connectivity index is 1.88. The van der Waals surface area contributed by atoms with Gasteiger partial charge < -0.3 is 9.59 Å². The first-order valence-corrected chi connectivity index (χ1v) is 12.5. The molecule has 2 aromatic rings. The van der Waals surface area contributed by atoms with Gasteiger partial charge in [0.25, 0.3) is 0 Å².